The fraction of sp³-hybridized carbons (Fsp3) is 0.310. The van der Waals surface area contributed by atoms with Crippen molar-refractivity contribution in [1.82, 2.24) is 19.4 Å². The Morgan fingerprint density at radius 1 is 1.07 bits per heavy atom. The van der Waals surface area contributed by atoms with Crippen LogP contribution >= 0.6 is 0 Å². The number of pyridine rings is 1. The smallest absolute Gasteiger partial charge is 0.373 e. The Morgan fingerprint density at radius 3 is 2.42 bits per heavy atom. The zero-order valence-corrected chi connectivity index (χ0v) is 22.2. The van der Waals surface area contributed by atoms with E-state index in [1.165, 1.54) is 25.3 Å². The van der Waals surface area contributed by atoms with Crippen molar-refractivity contribution < 1.29 is 23.1 Å². The number of alkyl halides is 3. The molecule has 1 aliphatic rings. The van der Waals surface area contributed by atoms with Crippen LogP contribution in [0.4, 0.5) is 19.1 Å². The number of hydrogen-bond donors (Lipinski definition) is 2. The molecule has 1 amide bonds. The molecule has 11 heteroatoms. The lowest BCUT2D eigenvalue weighted by Gasteiger charge is -2.32. The molecular weight excluding hydrogens is 523 g/mol. The highest BCUT2D eigenvalue weighted by Crippen LogP contribution is 2.32. The molecule has 4 aromatic rings. The molecule has 208 valence electrons. The normalized spacial score (nSPS) is 14.6. The number of nitrogens with one attached hydrogen (secondary N) is 1. The second kappa shape index (κ2) is 10.1. The summed E-state index contributed by atoms with van der Waals surface area (Å²) >= 11 is 0. The van der Waals surface area contributed by atoms with Crippen LogP contribution in [0.1, 0.15) is 59.7 Å². The van der Waals surface area contributed by atoms with Crippen molar-refractivity contribution in [2.24, 2.45) is 0 Å². The van der Waals surface area contributed by atoms with E-state index in [0.29, 0.717) is 35.3 Å². The zero-order chi connectivity index (χ0) is 28.8. The molecular formula is C29H28F3N5O3. The molecule has 1 atom stereocenters. The molecule has 40 heavy (non-hydrogen) atoms. The first-order chi connectivity index (χ1) is 18.8. The van der Waals surface area contributed by atoms with E-state index >= 15 is 0 Å². The fourth-order valence-electron chi connectivity index (χ4n) is 4.90. The molecule has 3 heterocycles. The highest BCUT2D eigenvalue weighted by atomic mass is 19.4. The summed E-state index contributed by atoms with van der Waals surface area (Å²) in [6.07, 6.45) is -3.88. The van der Waals surface area contributed by atoms with Crippen LogP contribution in [0, 0.1) is 0 Å². The molecule has 0 spiro atoms. The van der Waals surface area contributed by atoms with Gasteiger partial charge in [-0.2, -0.15) is 13.2 Å². The van der Waals surface area contributed by atoms with Gasteiger partial charge in [0.05, 0.1) is 40.0 Å². The van der Waals surface area contributed by atoms with Gasteiger partial charge < -0.3 is 15.3 Å². The second-order valence-corrected chi connectivity index (χ2v) is 10.4. The largest absolute Gasteiger partial charge is 0.416 e. The summed E-state index contributed by atoms with van der Waals surface area (Å²) in [6, 6.07) is 14.0. The molecule has 2 N–H and O–H groups in total. The molecule has 0 radical (unpaired) electrons. The van der Waals surface area contributed by atoms with Crippen LogP contribution in [0.25, 0.3) is 10.9 Å². The molecule has 2 aromatic heterocycles. The van der Waals surface area contributed by atoms with Gasteiger partial charge in [-0.3, -0.25) is 19.1 Å². The van der Waals surface area contributed by atoms with E-state index in [4.69, 9.17) is 0 Å². The predicted octanol–water partition coefficient (Wildman–Crippen LogP) is 4.87. The number of halogens is 3. The molecule has 8 nitrogen and oxygen atoms in total. The van der Waals surface area contributed by atoms with E-state index in [-0.39, 0.29) is 18.4 Å². The van der Waals surface area contributed by atoms with Crippen molar-refractivity contribution in [3.05, 3.63) is 99.1 Å². The SMILES string of the molecule is CC(O)n1c(NC(C)(C)c2ccc(C(F)(F)F)cc2)nc2c(c1=O)CN(C(=O)c1cnc3ccccc3c1)CC2. The number of amides is 1. The van der Waals surface area contributed by atoms with Crippen LogP contribution in [-0.4, -0.2) is 37.0 Å². The van der Waals surface area contributed by atoms with Crippen LogP contribution in [0.3, 0.4) is 0 Å². The number of rotatable bonds is 5. The number of aliphatic hydroxyl groups excluding tert-OH is 1. The van der Waals surface area contributed by atoms with Gasteiger partial charge >= 0.3 is 6.18 Å². The molecule has 2 aromatic carbocycles. The van der Waals surface area contributed by atoms with Gasteiger partial charge in [-0.1, -0.05) is 30.3 Å². The Bertz CT molecular complexity index is 1650. The van der Waals surface area contributed by atoms with Gasteiger partial charge in [0.15, 0.2) is 0 Å². The summed E-state index contributed by atoms with van der Waals surface area (Å²) in [4.78, 5) is 37.4. The minimum absolute atomic E-state index is 0.0160. The van der Waals surface area contributed by atoms with Gasteiger partial charge in [-0.25, -0.2) is 4.98 Å². The Morgan fingerprint density at radius 2 is 1.75 bits per heavy atom. The number of nitrogens with zero attached hydrogens (tertiary/aromatic N) is 4. The van der Waals surface area contributed by atoms with Crippen molar-refractivity contribution in [2.75, 3.05) is 11.9 Å². The molecule has 0 fully saturated rings. The summed E-state index contributed by atoms with van der Waals surface area (Å²) in [5.41, 5.74) is 0.298. The maximum absolute atomic E-state index is 13.6. The average molecular weight is 552 g/mol. The van der Waals surface area contributed by atoms with E-state index in [9.17, 15) is 27.9 Å². The van der Waals surface area contributed by atoms with Crippen LogP contribution < -0.4 is 10.9 Å². The number of aromatic nitrogens is 3. The monoisotopic (exact) mass is 551 g/mol. The molecule has 0 saturated heterocycles. The van der Waals surface area contributed by atoms with Crippen LogP contribution in [0.2, 0.25) is 0 Å². The van der Waals surface area contributed by atoms with Crippen molar-refractivity contribution in [1.29, 1.82) is 0 Å². The Labute approximate surface area is 228 Å². The standard InChI is InChI=1S/C29H28F3N5O3/c1-17(38)37-26(40)22-16-36(25(39)19-14-18-6-4-5-7-23(18)33-15-19)13-12-24(22)34-27(37)35-28(2,3)20-8-10-21(11-9-20)29(30,31)32/h4-11,14-15,17,38H,12-13,16H2,1-3H3,(H,34,35). The average Bonchev–Trinajstić information content (AvgIpc) is 2.91. The summed E-state index contributed by atoms with van der Waals surface area (Å²) in [6.45, 7) is 5.24. The maximum Gasteiger partial charge on any atom is 0.416 e. The van der Waals surface area contributed by atoms with Gasteiger partial charge in [0.1, 0.15) is 6.23 Å². The minimum atomic E-state index is -4.46. The van der Waals surface area contributed by atoms with Crippen LogP contribution in [0.15, 0.2) is 65.6 Å². The lowest BCUT2D eigenvalue weighted by Crippen LogP contribution is -2.43. The van der Waals surface area contributed by atoms with Crippen LogP contribution in [-0.2, 0) is 24.7 Å². The first-order valence-corrected chi connectivity index (χ1v) is 12.8. The molecule has 0 bridgehead atoms. The number of para-hydroxylation sites is 1. The van der Waals surface area contributed by atoms with E-state index in [1.807, 2.05) is 24.3 Å². The Kier molecular flexibility index (Phi) is 6.87. The van der Waals surface area contributed by atoms with E-state index in [2.05, 4.69) is 15.3 Å². The highest BCUT2D eigenvalue weighted by Gasteiger charge is 2.33. The summed E-state index contributed by atoms with van der Waals surface area (Å²) in [5, 5.41) is 14.5. The van der Waals surface area contributed by atoms with Crippen molar-refractivity contribution in [3.8, 4) is 0 Å². The minimum Gasteiger partial charge on any atom is -0.373 e. The molecule has 1 unspecified atom stereocenters. The van der Waals surface area contributed by atoms with E-state index in [0.717, 1.165) is 27.6 Å². The number of carbonyl (C=O) groups excluding carboxylic acids is 1. The van der Waals surface area contributed by atoms with Crippen molar-refractivity contribution in [3.63, 3.8) is 0 Å². The maximum atomic E-state index is 13.6. The van der Waals surface area contributed by atoms with Gasteiger partial charge in [-0.15, -0.1) is 0 Å². The predicted molar refractivity (Wildman–Crippen MR) is 144 cm³/mol. The fourth-order valence-corrected chi connectivity index (χ4v) is 4.90. The second-order valence-electron chi connectivity index (χ2n) is 10.4. The molecule has 0 saturated carbocycles. The Hall–Kier alpha value is -4.25. The first-order valence-electron chi connectivity index (χ1n) is 12.8. The number of carbonyl (C=O) groups is 1. The molecule has 0 aliphatic carbocycles. The van der Waals surface area contributed by atoms with Crippen molar-refractivity contribution in [2.45, 2.75) is 51.7 Å². The summed E-state index contributed by atoms with van der Waals surface area (Å²) < 4.78 is 40.2. The number of fused-ring (bicyclic) bond motifs is 2. The Balaban J connectivity index is 1.44. The molecule has 5 rings (SSSR count). The lowest BCUT2D eigenvalue weighted by atomic mass is 9.93. The van der Waals surface area contributed by atoms with Crippen molar-refractivity contribution >= 4 is 22.8 Å². The topological polar surface area (TPSA) is 100 Å². The van der Waals surface area contributed by atoms with Gasteiger partial charge in [-0.05, 0) is 50.6 Å². The third-order valence-corrected chi connectivity index (χ3v) is 7.12. The number of anilines is 1. The van der Waals surface area contributed by atoms with Gasteiger partial charge in [0, 0.05) is 24.5 Å². The quantitative estimate of drug-likeness (QED) is 0.367. The molecule has 1 aliphatic heterocycles. The highest BCUT2D eigenvalue weighted by molar-refractivity contribution is 5.97. The zero-order valence-electron chi connectivity index (χ0n) is 22.2. The lowest BCUT2D eigenvalue weighted by molar-refractivity contribution is -0.137. The van der Waals surface area contributed by atoms with E-state index in [1.54, 1.807) is 24.8 Å². The summed E-state index contributed by atoms with van der Waals surface area (Å²) in [7, 11) is 0. The van der Waals surface area contributed by atoms with Gasteiger partial charge in [0.2, 0.25) is 5.95 Å². The first kappa shape index (κ1) is 27.3. The van der Waals surface area contributed by atoms with E-state index < -0.39 is 29.1 Å². The number of benzene rings is 2. The van der Waals surface area contributed by atoms with Gasteiger partial charge in [0.25, 0.3) is 11.5 Å². The number of aliphatic hydroxyl groups is 1. The third kappa shape index (κ3) is 5.16. The third-order valence-electron chi connectivity index (χ3n) is 7.12. The summed E-state index contributed by atoms with van der Waals surface area (Å²) in [5.74, 6) is -0.181. The number of hydrogen-bond acceptors (Lipinski definition) is 6. The van der Waals surface area contributed by atoms with Crippen LogP contribution in [0.5, 0.6) is 0 Å².